The van der Waals surface area contributed by atoms with E-state index in [1.165, 1.54) is 0 Å². The summed E-state index contributed by atoms with van der Waals surface area (Å²) >= 11 is 0. The minimum atomic E-state index is -0.572. The van der Waals surface area contributed by atoms with Crippen LogP contribution in [0.4, 0.5) is 0 Å². The first-order chi connectivity index (χ1) is 8.85. The van der Waals surface area contributed by atoms with Crippen LogP contribution >= 0.6 is 0 Å². The number of hydrogen-bond acceptors (Lipinski definition) is 4. The Morgan fingerprint density at radius 3 is 1.83 bits per heavy atom. The zero-order chi connectivity index (χ0) is 13.5. The van der Waals surface area contributed by atoms with E-state index in [2.05, 4.69) is 25.7 Å². The average molecular weight is 258 g/mol. The van der Waals surface area contributed by atoms with Crippen LogP contribution < -0.4 is 0 Å². The van der Waals surface area contributed by atoms with Gasteiger partial charge < -0.3 is 0 Å². The van der Waals surface area contributed by atoms with Gasteiger partial charge in [0, 0.05) is 6.42 Å². The molecule has 0 atom stereocenters. The summed E-state index contributed by atoms with van der Waals surface area (Å²) < 4.78 is 0. The molecular formula is C14H26O4. The molecule has 0 saturated carbocycles. The van der Waals surface area contributed by atoms with Crippen molar-refractivity contribution in [3.05, 3.63) is 0 Å². The molecule has 0 aromatic heterocycles. The summed E-state index contributed by atoms with van der Waals surface area (Å²) in [5.74, 6) is 5.92. The maximum Gasteiger partial charge on any atom is 0.235 e. The molecule has 0 aromatic carbocycles. The normalized spacial score (nSPS) is 10.4. The Balaban J connectivity index is 3.76. The standard InChI is InChI=1S/C14H26O4/c1-4-7-10-11-14(17-15-12-8-5-2)18-16-13-9-6-3/h14H,4-6,8-9,11-13H2,1-3H3. The first-order valence-corrected chi connectivity index (χ1v) is 6.87. The van der Waals surface area contributed by atoms with Gasteiger partial charge in [0.25, 0.3) is 0 Å². The molecule has 0 aliphatic carbocycles. The maximum atomic E-state index is 5.12. The average Bonchev–Trinajstić information content (AvgIpc) is 2.39. The third-order valence-corrected chi connectivity index (χ3v) is 2.08. The number of unbranched alkanes of at least 4 members (excludes halogenated alkanes) is 2. The Bertz CT molecular complexity index is 208. The van der Waals surface area contributed by atoms with Crippen molar-refractivity contribution in [2.24, 2.45) is 0 Å². The minimum Gasteiger partial charge on any atom is -0.234 e. The van der Waals surface area contributed by atoms with E-state index in [-0.39, 0.29) is 0 Å². The van der Waals surface area contributed by atoms with Gasteiger partial charge in [0.1, 0.15) is 0 Å². The van der Waals surface area contributed by atoms with Gasteiger partial charge in [-0.25, -0.2) is 19.6 Å². The lowest BCUT2D eigenvalue weighted by molar-refractivity contribution is -0.460. The second-order valence-electron chi connectivity index (χ2n) is 3.88. The van der Waals surface area contributed by atoms with Crippen molar-refractivity contribution < 1.29 is 19.6 Å². The molecule has 0 aromatic rings. The van der Waals surface area contributed by atoms with Gasteiger partial charge in [-0.1, -0.05) is 39.5 Å². The van der Waals surface area contributed by atoms with Crippen molar-refractivity contribution in [1.82, 2.24) is 0 Å². The van der Waals surface area contributed by atoms with E-state index < -0.39 is 6.29 Å². The fourth-order valence-electron chi connectivity index (χ4n) is 1.02. The molecular weight excluding hydrogens is 232 g/mol. The van der Waals surface area contributed by atoms with E-state index >= 15 is 0 Å². The summed E-state index contributed by atoms with van der Waals surface area (Å²) in [4.78, 5) is 20.3. The molecule has 0 bridgehead atoms. The van der Waals surface area contributed by atoms with Gasteiger partial charge in [0.05, 0.1) is 19.6 Å². The lowest BCUT2D eigenvalue weighted by Crippen LogP contribution is -2.18. The van der Waals surface area contributed by atoms with Crippen molar-refractivity contribution in [2.45, 2.75) is 65.6 Å². The molecule has 0 fully saturated rings. The van der Waals surface area contributed by atoms with Crippen LogP contribution in [-0.2, 0) is 19.6 Å². The fraction of sp³-hybridized carbons (Fsp3) is 0.857. The van der Waals surface area contributed by atoms with Crippen LogP contribution in [0, 0.1) is 11.8 Å². The molecule has 106 valence electrons. The number of hydrogen-bond donors (Lipinski definition) is 0. The Morgan fingerprint density at radius 1 is 0.833 bits per heavy atom. The van der Waals surface area contributed by atoms with Gasteiger partial charge in [0.2, 0.25) is 6.29 Å². The largest absolute Gasteiger partial charge is 0.235 e. The molecule has 0 amide bonds. The van der Waals surface area contributed by atoms with Crippen molar-refractivity contribution in [1.29, 1.82) is 0 Å². The molecule has 0 rings (SSSR count). The molecule has 0 N–H and O–H groups in total. The highest BCUT2D eigenvalue weighted by Gasteiger charge is 2.10. The minimum absolute atomic E-state index is 0.450. The van der Waals surface area contributed by atoms with Gasteiger partial charge in [0.15, 0.2) is 0 Å². The maximum absolute atomic E-state index is 5.12. The third kappa shape index (κ3) is 11.9. The van der Waals surface area contributed by atoms with Crippen LogP contribution in [0.15, 0.2) is 0 Å². The van der Waals surface area contributed by atoms with Gasteiger partial charge >= 0.3 is 0 Å². The Labute approximate surface area is 111 Å². The van der Waals surface area contributed by atoms with Crippen molar-refractivity contribution in [3.63, 3.8) is 0 Å². The molecule has 4 heteroatoms. The molecule has 4 nitrogen and oxygen atoms in total. The van der Waals surface area contributed by atoms with Gasteiger partial charge in [-0.3, -0.25) is 0 Å². The first-order valence-electron chi connectivity index (χ1n) is 6.87. The summed E-state index contributed by atoms with van der Waals surface area (Å²) in [6.45, 7) is 7.31. The zero-order valence-corrected chi connectivity index (χ0v) is 11.9. The van der Waals surface area contributed by atoms with Crippen LogP contribution in [-0.4, -0.2) is 19.5 Å². The second-order valence-corrected chi connectivity index (χ2v) is 3.88. The fourth-order valence-corrected chi connectivity index (χ4v) is 1.02. The lowest BCUT2D eigenvalue weighted by atomic mass is 10.4. The zero-order valence-electron chi connectivity index (χ0n) is 11.9. The predicted octanol–water partition coefficient (Wildman–Crippen LogP) is 3.61. The van der Waals surface area contributed by atoms with Crippen molar-refractivity contribution in [2.75, 3.05) is 13.2 Å². The SMILES string of the molecule is CCC#CCC(OOCCCC)OOCCCC. The smallest absolute Gasteiger partial charge is 0.234 e. The molecule has 0 spiro atoms. The highest BCUT2D eigenvalue weighted by Crippen LogP contribution is 2.04. The van der Waals surface area contributed by atoms with Crippen LogP contribution in [0.1, 0.15) is 59.3 Å². The molecule has 18 heavy (non-hydrogen) atoms. The Hall–Kier alpha value is -0.600. The molecule has 0 aliphatic rings. The molecule has 0 heterocycles. The van der Waals surface area contributed by atoms with E-state index in [1.807, 2.05) is 6.92 Å². The summed E-state index contributed by atoms with van der Waals surface area (Å²) in [7, 11) is 0. The highest BCUT2D eigenvalue weighted by atomic mass is 17.3. The molecule has 0 radical (unpaired) electrons. The highest BCUT2D eigenvalue weighted by molar-refractivity contribution is 4.98. The summed E-state index contributed by atoms with van der Waals surface area (Å²) in [5.41, 5.74) is 0. The van der Waals surface area contributed by atoms with Crippen molar-refractivity contribution in [3.8, 4) is 11.8 Å². The molecule has 0 unspecified atom stereocenters. The van der Waals surface area contributed by atoms with Gasteiger partial charge in [-0.2, -0.15) is 0 Å². The van der Waals surface area contributed by atoms with Crippen LogP contribution in [0.5, 0.6) is 0 Å². The van der Waals surface area contributed by atoms with E-state index in [1.54, 1.807) is 0 Å². The monoisotopic (exact) mass is 258 g/mol. The summed E-state index contributed by atoms with van der Waals surface area (Å²) in [6, 6.07) is 0. The predicted molar refractivity (Wildman–Crippen MR) is 70.4 cm³/mol. The van der Waals surface area contributed by atoms with Crippen LogP contribution in [0.2, 0.25) is 0 Å². The Morgan fingerprint density at radius 2 is 1.39 bits per heavy atom. The van der Waals surface area contributed by atoms with Crippen LogP contribution in [0.3, 0.4) is 0 Å². The quantitative estimate of drug-likeness (QED) is 0.186. The number of rotatable bonds is 11. The topological polar surface area (TPSA) is 36.9 Å². The third-order valence-electron chi connectivity index (χ3n) is 2.08. The summed E-state index contributed by atoms with van der Waals surface area (Å²) in [5, 5.41) is 0. The Kier molecular flexibility index (Phi) is 14.0. The van der Waals surface area contributed by atoms with E-state index in [4.69, 9.17) is 19.6 Å². The molecule has 0 aliphatic heterocycles. The summed E-state index contributed by atoms with van der Waals surface area (Å²) in [6.07, 6.45) is 4.76. The lowest BCUT2D eigenvalue weighted by Gasteiger charge is -2.13. The van der Waals surface area contributed by atoms with E-state index in [0.717, 1.165) is 32.1 Å². The first kappa shape index (κ1) is 17.4. The van der Waals surface area contributed by atoms with E-state index in [9.17, 15) is 0 Å². The molecule has 0 saturated heterocycles. The second kappa shape index (κ2) is 14.5. The van der Waals surface area contributed by atoms with Gasteiger partial charge in [-0.05, 0) is 12.8 Å². The van der Waals surface area contributed by atoms with Crippen molar-refractivity contribution >= 4 is 0 Å². The van der Waals surface area contributed by atoms with Gasteiger partial charge in [-0.15, -0.1) is 5.92 Å². The van der Waals surface area contributed by atoms with Crippen LogP contribution in [0.25, 0.3) is 0 Å². The van der Waals surface area contributed by atoms with E-state index in [0.29, 0.717) is 19.6 Å².